The van der Waals surface area contributed by atoms with Crippen molar-refractivity contribution in [2.24, 2.45) is 0 Å². The molecule has 2 rings (SSSR count). The van der Waals surface area contributed by atoms with E-state index in [1.54, 1.807) is 13.1 Å². The van der Waals surface area contributed by atoms with Crippen molar-refractivity contribution in [2.45, 2.75) is 38.3 Å². The van der Waals surface area contributed by atoms with Crippen molar-refractivity contribution in [1.82, 2.24) is 15.5 Å². The molecule has 1 aliphatic rings. The van der Waals surface area contributed by atoms with Gasteiger partial charge in [-0.05, 0) is 30.5 Å². The number of nitrogens with one attached hydrogen (secondary N) is 2. The molecule has 0 aromatic heterocycles. The summed E-state index contributed by atoms with van der Waals surface area (Å²) in [4.78, 5) is 14.4. The summed E-state index contributed by atoms with van der Waals surface area (Å²) in [5.41, 5.74) is 0.628. The molecule has 2 unspecified atom stereocenters. The molecule has 128 valence electrons. The average Bonchev–Trinajstić information content (AvgIpc) is 2.55. The van der Waals surface area contributed by atoms with Crippen molar-refractivity contribution < 1.29 is 13.6 Å². The summed E-state index contributed by atoms with van der Waals surface area (Å²) in [5, 5.41) is 6.15. The van der Waals surface area contributed by atoms with Crippen LogP contribution >= 0.6 is 0 Å². The molecule has 6 heteroatoms. The smallest absolute Gasteiger partial charge is 0.237 e. The number of carbonyl (C=O) groups is 1. The molecule has 1 aliphatic heterocycles. The molecule has 1 fully saturated rings. The van der Waals surface area contributed by atoms with Gasteiger partial charge in [-0.3, -0.25) is 9.69 Å². The van der Waals surface area contributed by atoms with Crippen molar-refractivity contribution in [3.05, 3.63) is 35.4 Å². The maximum Gasteiger partial charge on any atom is 0.237 e. The van der Waals surface area contributed by atoms with Crippen LogP contribution in [0.2, 0.25) is 0 Å². The average molecular weight is 325 g/mol. The van der Waals surface area contributed by atoms with E-state index in [0.29, 0.717) is 18.0 Å². The zero-order valence-corrected chi connectivity index (χ0v) is 13.7. The van der Waals surface area contributed by atoms with E-state index in [2.05, 4.69) is 22.5 Å². The number of halogens is 2. The number of hydrogen-bond donors (Lipinski definition) is 2. The molecule has 0 bridgehead atoms. The minimum absolute atomic E-state index is 0.0909. The van der Waals surface area contributed by atoms with Crippen LogP contribution in [0.1, 0.15) is 25.3 Å². The van der Waals surface area contributed by atoms with Crippen LogP contribution in [-0.2, 0) is 11.2 Å². The SMILES string of the molecule is CCCC1CN(C(Cc2ccc(F)c(F)c2)C(=O)NC)CCN1. The number of nitrogens with zero attached hydrogens (tertiary/aromatic N) is 1. The van der Waals surface area contributed by atoms with E-state index in [-0.39, 0.29) is 11.9 Å². The topological polar surface area (TPSA) is 44.4 Å². The van der Waals surface area contributed by atoms with Crippen LogP contribution < -0.4 is 10.6 Å². The quantitative estimate of drug-likeness (QED) is 0.837. The summed E-state index contributed by atoms with van der Waals surface area (Å²) in [6.45, 7) is 4.52. The lowest BCUT2D eigenvalue weighted by Gasteiger charge is -2.38. The van der Waals surface area contributed by atoms with E-state index >= 15 is 0 Å². The Labute approximate surface area is 136 Å². The van der Waals surface area contributed by atoms with Crippen molar-refractivity contribution in [2.75, 3.05) is 26.7 Å². The fourth-order valence-corrected chi connectivity index (χ4v) is 3.12. The summed E-state index contributed by atoms with van der Waals surface area (Å²) in [5.74, 6) is -1.83. The van der Waals surface area contributed by atoms with Crippen molar-refractivity contribution in [3.8, 4) is 0 Å². The Balaban J connectivity index is 2.13. The third-order valence-electron chi connectivity index (χ3n) is 4.33. The Kier molecular flexibility index (Phi) is 6.47. The summed E-state index contributed by atoms with van der Waals surface area (Å²) >= 11 is 0. The predicted octanol–water partition coefficient (Wildman–Crippen LogP) is 1.70. The van der Waals surface area contributed by atoms with E-state index < -0.39 is 11.6 Å². The highest BCUT2D eigenvalue weighted by atomic mass is 19.2. The molecule has 4 nitrogen and oxygen atoms in total. The van der Waals surface area contributed by atoms with E-state index in [1.165, 1.54) is 6.07 Å². The van der Waals surface area contributed by atoms with E-state index in [4.69, 9.17) is 0 Å². The molecule has 0 saturated carbocycles. The second-order valence-corrected chi connectivity index (χ2v) is 6.02. The summed E-state index contributed by atoms with van der Waals surface area (Å²) in [6.07, 6.45) is 2.51. The second-order valence-electron chi connectivity index (χ2n) is 6.02. The Bertz CT molecular complexity index is 537. The lowest BCUT2D eigenvalue weighted by Crippen LogP contribution is -2.57. The third-order valence-corrected chi connectivity index (χ3v) is 4.33. The lowest BCUT2D eigenvalue weighted by molar-refractivity contribution is -0.126. The Morgan fingerprint density at radius 3 is 2.87 bits per heavy atom. The van der Waals surface area contributed by atoms with Gasteiger partial charge < -0.3 is 10.6 Å². The van der Waals surface area contributed by atoms with E-state index in [1.807, 2.05) is 0 Å². The van der Waals surface area contributed by atoms with E-state index in [9.17, 15) is 13.6 Å². The number of likely N-dealkylation sites (N-methyl/N-ethyl adjacent to an activating group) is 1. The first kappa shape index (κ1) is 17.8. The molecule has 1 aromatic carbocycles. The molecule has 1 saturated heterocycles. The van der Waals surface area contributed by atoms with Crippen LogP contribution in [0.15, 0.2) is 18.2 Å². The van der Waals surface area contributed by atoms with Crippen LogP contribution in [0.25, 0.3) is 0 Å². The largest absolute Gasteiger partial charge is 0.358 e. The maximum absolute atomic E-state index is 13.4. The number of rotatable bonds is 6. The molecule has 0 aliphatic carbocycles. The van der Waals surface area contributed by atoms with Gasteiger partial charge in [0, 0.05) is 32.7 Å². The monoisotopic (exact) mass is 325 g/mol. The van der Waals surface area contributed by atoms with Gasteiger partial charge in [-0.2, -0.15) is 0 Å². The molecular formula is C17H25F2N3O. The van der Waals surface area contributed by atoms with Gasteiger partial charge in [0.25, 0.3) is 0 Å². The van der Waals surface area contributed by atoms with Gasteiger partial charge in [0.1, 0.15) is 0 Å². The standard InChI is InChI=1S/C17H25F2N3O/c1-3-4-13-11-22(8-7-21-13)16(17(23)20-2)10-12-5-6-14(18)15(19)9-12/h5-6,9,13,16,21H,3-4,7-8,10-11H2,1-2H3,(H,20,23). The fourth-order valence-electron chi connectivity index (χ4n) is 3.12. The summed E-state index contributed by atoms with van der Waals surface area (Å²) in [6, 6.07) is 3.83. The predicted molar refractivity (Wildman–Crippen MR) is 86.2 cm³/mol. The molecule has 1 aromatic rings. The van der Waals surface area contributed by atoms with Crippen LogP contribution in [0, 0.1) is 11.6 Å². The third kappa shape index (κ3) is 4.72. The van der Waals surface area contributed by atoms with E-state index in [0.717, 1.165) is 38.5 Å². The maximum atomic E-state index is 13.4. The fraction of sp³-hybridized carbons (Fsp3) is 0.588. The number of amides is 1. The molecule has 2 atom stereocenters. The minimum atomic E-state index is -0.873. The van der Waals surface area contributed by atoms with Crippen LogP contribution in [-0.4, -0.2) is 49.6 Å². The normalized spacial score (nSPS) is 20.3. The molecule has 2 N–H and O–H groups in total. The zero-order chi connectivity index (χ0) is 16.8. The van der Waals surface area contributed by atoms with Gasteiger partial charge in [0.15, 0.2) is 11.6 Å². The van der Waals surface area contributed by atoms with Gasteiger partial charge in [-0.15, -0.1) is 0 Å². The molecule has 1 amide bonds. The number of carbonyl (C=O) groups excluding carboxylic acids is 1. The minimum Gasteiger partial charge on any atom is -0.358 e. The van der Waals surface area contributed by atoms with Crippen LogP contribution in [0.5, 0.6) is 0 Å². The molecule has 1 heterocycles. The molecule has 0 spiro atoms. The Morgan fingerprint density at radius 1 is 1.43 bits per heavy atom. The molecular weight excluding hydrogens is 300 g/mol. The zero-order valence-electron chi connectivity index (χ0n) is 13.7. The number of piperazine rings is 1. The van der Waals surface area contributed by atoms with Crippen LogP contribution in [0.3, 0.4) is 0 Å². The van der Waals surface area contributed by atoms with Crippen molar-refractivity contribution in [3.63, 3.8) is 0 Å². The molecule has 0 radical (unpaired) electrons. The van der Waals surface area contributed by atoms with Gasteiger partial charge >= 0.3 is 0 Å². The van der Waals surface area contributed by atoms with Gasteiger partial charge in [0.2, 0.25) is 5.91 Å². The lowest BCUT2D eigenvalue weighted by atomic mass is 10.0. The summed E-state index contributed by atoms with van der Waals surface area (Å²) in [7, 11) is 1.60. The van der Waals surface area contributed by atoms with Gasteiger partial charge in [-0.25, -0.2) is 8.78 Å². The second kappa shape index (κ2) is 8.36. The number of hydrogen-bond acceptors (Lipinski definition) is 3. The Hall–Kier alpha value is -1.53. The first-order valence-corrected chi connectivity index (χ1v) is 8.18. The first-order chi connectivity index (χ1) is 11.0. The van der Waals surface area contributed by atoms with Crippen LogP contribution in [0.4, 0.5) is 8.78 Å². The van der Waals surface area contributed by atoms with Crippen molar-refractivity contribution >= 4 is 5.91 Å². The Morgan fingerprint density at radius 2 is 2.22 bits per heavy atom. The number of benzene rings is 1. The highest BCUT2D eigenvalue weighted by Gasteiger charge is 2.29. The van der Waals surface area contributed by atoms with Gasteiger partial charge in [0.05, 0.1) is 6.04 Å². The highest BCUT2D eigenvalue weighted by Crippen LogP contribution is 2.16. The molecule has 23 heavy (non-hydrogen) atoms. The highest BCUT2D eigenvalue weighted by molar-refractivity contribution is 5.81. The first-order valence-electron chi connectivity index (χ1n) is 8.18. The van der Waals surface area contributed by atoms with Gasteiger partial charge in [-0.1, -0.05) is 19.4 Å². The summed E-state index contributed by atoms with van der Waals surface area (Å²) < 4.78 is 26.5. The van der Waals surface area contributed by atoms with Crippen molar-refractivity contribution in [1.29, 1.82) is 0 Å².